The van der Waals surface area contributed by atoms with Crippen LogP contribution in [0.25, 0.3) is 0 Å². The summed E-state index contributed by atoms with van der Waals surface area (Å²) in [5, 5.41) is 0. The molecule has 1 heterocycles. The lowest BCUT2D eigenvalue weighted by molar-refractivity contribution is -0.108. The molecule has 1 rings (SSSR count). The molecule has 0 aliphatic heterocycles. The number of ether oxygens (including phenoxy) is 1. The number of carbonyl (C=O) groups is 1. The molecule has 16 heavy (non-hydrogen) atoms. The molecule has 1 atom stereocenters. The summed E-state index contributed by atoms with van der Waals surface area (Å²) in [7, 11) is 0. The van der Waals surface area contributed by atoms with Crippen molar-refractivity contribution in [2.45, 2.75) is 12.8 Å². The molecule has 0 aliphatic rings. The molecule has 0 saturated carbocycles. The van der Waals surface area contributed by atoms with Crippen molar-refractivity contribution >= 4 is 18.0 Å². The van der Waals surface area contributed by atoms with Gasteiger partial charge in [0.15, 0.2) is 0 Å². The molecular weight excluding hydrogens is 222 g/mol. The summed E-state index contributed by atoms with van der Waals surface area (Å²) < 4.78 is 5.23. The van der Waals surface area contributed by atoms with Crippen molar-refractivity contribution in [3.05, 3.63) is 30.1 Å². The first-order valence-corrected chi connectivity index (χ1v) is 6.55. The van der Waals surface area contributed by atoms with Gasteiger partial charge in [-0.15, -0.1) is 0 Å². The van der Waals surface area contributed by atoms with E-state index in [0.717, 1.165) is 36.7 Å². The molecule has 0 amide bonds. The second-order valence-electron chi connectivity index (χ2n) is 3.27. The van der Waals surface area contributed by atoms with E-state index in [0.29, 0.717) is 0 Å². The molecule has 3 nitrogen and oxygen atoms in total. The van der Waals surface area contributed by atoms with Crippen molar-refractivity contribution in [2.75, 3.05) is 24.7 Å². The fourth-order valence-corrected chi connectivity index (χ4v) is 2.17. The van der Waals surface area contributed by atoms with Gasteiger partial charge in [-0.1, -0.05) is 6.07 Å². The van der Waals surface area contributed by atoms with E-state index in [2.05, 4.69) is 4.98 Å². The van der Waals surface area contributed by atoms with Gasteiger partial charge in [0.1, 0.15) is 6.29 Å². The largest absolute Gasteiger partial charge is 0.381 e. The van der Waals surface area contributed by atoms with Crippen molar-refractivity contribution in [3.8, 4) is 0 Å². The van der Waals surface area contributed by atoms with Crippen LogP contribution in [0, 0.1) is 0 Å². The minimum absolute atomic E-state index is 0.104. The third kappa shape index (κ3) is 4.77. The Kier molecular flexibility index (Phi) is 6.85. The van der Waals surface area contributed by atoms with Crippen molar-refractivity contribution in [2.24, 2.45) is 0 Å². The third-order valence-electron chi connectivity index (χ3n) is 2.11. The zero-order chi connectivity index (χ0) is 11.6. The third-order valence-corrected chi connectivity index (χ3v) is 3.16. The van der Waals surface area contributed by atoms with Gasteiger partial charge in [-0.3, -0.25) is 4.98 Å². The zero-order valence-electron chi connectivity index (χ0n) is 9.46. The predicted octanol–water partition coefficient (Wildman–Crippen LogP) is 2.13. The Labute approximate surface area is 101 Å². The fourth-order valence-electron chi connectivity index (χ4n) is 1.26. The van der Waals surface area contributed by atoms with Crippen LogP contribution in [0.4, 0.5) is 0 Å². The molecule has 0 radical (unpaired) electrons. The van der Waals surface area contributed by atoms with Crippen LogP contribution in [0.3, 0.4) is 0 Å². The Balaban J connectivity index is 2.30. The van der Waals surface area contributed by atoms with Gasteiger partial charge in [0.05, 0.1) is 18.2 Å². The van der Waals surface area contributed by atoms with Crippen LogP contribution in [0.2, 0.25) is 0 Å². The van der Waals surface area contributed by atoms with E-state index in [4.69, 9.17) is 4.74 Å². The van der Waals surface area contributed by atoms with Crippen molar-refractivity contribution in [3.63, 3.8) is 0 Å². The molecule has 0 aliphatic carbocycles. The molecule has 4 heteroatoms. The predicted molar refractivity (Wildman–Crippen MR) is 66.9 cm³/mol. The summed E-state index contributed by atoms with van der Waals surface area (Å²) in [5.41, 5.74) is 0.849. The van der Waals surface area contributed by atoms with E-state index in [-0.39, 0.29) is 5.92 Å². The zero-order valence-corrected chi connectivity index (χ0v) is 10.3. The first-order chi connectivity index (χ1) is 7.88. The van der Waals surface area contributed by atoms with Gasteiger partial charge < -0.3 is 9.53 Å². The van der Waals surface area contributed by atoms with Crippen molar-refractivity contribution in [1.29, 1.82) is 0 Å². The van der Waals surface area contributed by atoms with Crippen LogP contribution in [-0.4, -0.2) is 36.0 Å². The monoisotopic (exact) mass is 239 g/mol. The highest BCUT2D eigenvalue weighted by molar-refractivity contribution is 7.99. The molecule has 0 spiro atoms. The number of hydrogen-bond donors (Lipinski definition) is 0. The average molecular weight is 239 g/mol. The lowest BCUT2D eigenvalue weighted by Gasteiger charge is -2.08. The van der Waals surface area contributed by atoms with Crippen LogP contribution < -0.4 is 0 Å². The normalized spacial score (nSPS) is 12.3. The maximum Gasteiger partial charge on any atom is 0.129 e. The Morgan fingerprint density at radius 2 is 2.44 bits per heavy atom. The number of rotatable bonds is 8. The average Bonchev–Trinajstić information content (AvgIpc) is 2.35. The standard InChI is InChI=1S/C12H17NO2S/c1-2-15-7-8-16-10-11(9-14)12-5-3-4-6-13-12/h3-6,9,11H,2,7-8,10H2,1H3. The van der Waals surface area contributed by atoms with Crippen LogP contribution >= 0.6 is 11.8 Å². The molecular formula is C12H17NO2S. The molecule has 0 fully saturated rings. The summed E-state index contributed by atoms with van der Waals surface area (Å²) in [4.78, 5) is 15.1. The number of aldehydes is 1. The minimum atomic E-state index is -0.104. The molecule has 0 N–H and O–H groups in total. The summed E-state index contributed by atoms with van der Waals surface area (Å²) in [5.74, 6) is 1.59. The molecule has 1 aromatic rings. The van der Waals surface area contributed by atoms with Gasteiger partial charge in [-0.2, -0.15) is 11.8 Å². The lowest BCUT2D eigenvalue weighted by Crippen LogP contribution is -2.07. The van der Waals surface area contributed by atoms with E-state index in [1.54, 1.807) is 18.0 Å². The molecule has 0 aromatic carbocycles. The highest BCUT2D eigenvalue weighted by atomic mass is 32.2. The number of pyridine rings is 1. The molecule has 0 saturated heterocycles. The van der Waals surface area contributed by atoms with E-state index in [1.807, 2.05) is 25.1 Å². The number of hydrogen-bond acceptors (Lipinski definition) is 4. The molecule has 1 aromatic heterocycles. The quantitative estimate of drug-likeness (QED) is 0.514. The Morgan fingerprint density at radius 3 is 3.06 bits per heavy atom. The fraction of sp³-hybridized carbons (Fsp3) is 0.500. The smallest absolute Gasteiger partial charge is 0.129 e. The summed E-state index contributed by atoms with van der Waals surface area (Å²) in [6, 6.07) is 5.65. The summed E-state index contributed by atoms with van der Waals surface area (Å²) >= 11 is 1.72. The number of carbonyl (C=O) groups excluding carboxylic acids is 1. The van der Waals surface area contributed by atoms with Crippen molar-refractivity contribution in [1.82, 2.24) is 4.98 Å². The van der Waals surface area contributed by atoms with Gasteiger partial charge >= 0.3 is 0 Å². The lowest BCUT2D eigenvalue weighted by atomic mass is 10.1. The first kappa shape index (κ1) is 13.2. The summed E-state index contributed by atoms with van der Waals surface area (Å²) in [6.07, 6.45) is 2.69. The Hall–Kier alpha value is -0.870. The number of nitrogens with zero attached hydrogens (tertiary/aromatic N) is 1. The maximum atomic E-state index is 10.9. The highest BCUT2D eigenvalue weighted by Crippen LogP contribution is 2.16. The molecule has 1 unspecified atom stereocenters. The van der Waals surface area contributed by atoms with Gasteiger partial charge in [0, 0.05) is 24.3 Å². The van der Waals surface area contributed by atoms with E-state index in [1.165, 1.54) is 0 Å². The van der Waals surface area contributed by atoms with Crippen LogP contribution in [0.5, 0.6) is 0 Å². The highest BCUT2D eigenvalue weighted by Gasteiger charge is 2.10. The molecule has 0 bridgehead atoms. The molecule has 88 valence electrons. The van der Waals surface area contributed by atoms with Gasteiger partial charge in [-0.05, 0) is 19.1 Å². The van der Waals surface area contributed by atoms with Gasteiger partial charge in [-0.25, -0.2) is 0 Å². The van der Waals surface area contributed by atoms with Crippen LogP contribution in [0.15, 0.2) is 24.4 Å². The van der Waals surface area contributed by atoms with Crippen LogP contribution in [0.1, 0.15) is 18.5 Å². The van der Waals surface area contributed by atoms with Gasteiger partial charge in [0.25, 0.3) is 0 Å². The minimum Gasteiger partial charge on any atom is -0.381 e. The Bertz CT molecular complexity index is 292. The second kappa shape index (κ2) is 8.30. The first-order valence-electron chi connectivity index (χ1n) is 5.40. The van der Waals surface area contributed by atoms with Crippen LogP contribution in [-0.2, 0) is 9.53 Å². The Morgan fingerprint density at radius 1 is 1.56 bits per heavy atom. The SMILES string of the molecule is CCOCCSCC(C=O)c1ccccn1. The topological polar surface area (TPSA) is 39.2 Å². The maximum absolute atomic E-state index is 10.9. The van der Waals surface area contributed by atoms with Crippen molar-refractivity contribution < 1.29 is 9.53 Å². The second-order valence-corrected chi connectivity index (χ2v) is 4.42. The van der Waals surface area contributed by atoms with Gasteiger partial charge in [0.2, 0.25) is 0 Å². The number of aromatic nitrogens is 1. The summed E-state index contributed by atoms with van der Waals surface area (Å²) in [6.45, 7) is 3.47. The number of thioether (sulfide) groups is 1. The van der Waals surface area contributed by atoms with E-state index < -0.39 is 0 Å². The van der Waals surface area contributed by atoms with E-state index in [9.17, 15) is 4.79 Å². The van der Waals surface area contributed by atoms with E-state index >= 15 is 0 Å².